The molecule has 0 saturated carbocycles. The molecule has 2 aliphatic heterocycles. The minimum absolute atomic E-state index is 0.0113. The Labute approximate surface area is 131 Å². The molecule has 1 atom stereocenters. The lowest BCUT2D eigenvalue weighted by Gasteiger charge is -2.32. The zero-order valence-corrected chi connectivity index (χ0v) is 12.9. The maximum Gasteiger partial charge on any atom is 0.237 e. The van der Waals surface area contributed by atoms with Gasteiger partial charge in [0.1, 0.15) is 5.82 Å². The molecule has 2 saturated heterocycles. The van der Waals surface area contributed by atoms with Crippen LogP contribution in [0.25, 0.3) is 0 Å². The van der Waals surface area contributed by atoms with E-state index in [2.05, 4.69) is 15.5 Å². The predicted octanol–water partition coefficient (Wildman–Crippen LogP) is 1.66. The summed E-state index contributed by atoms with van der Waals surface area (Å²) >= 11 is 0. The zero-order valence-electron chi connectivity index (χ0n) is 12.9. The minimum atomic E-state index is -0.189. The van der Waals surface area contributed by atoms with Crippen molar-refractivity contribution in [2.45, 2.75) is 44.3 Å². The fourth-order valence-electron chi connectivity index (χ4n) is 3.29. The van der Waals surface area contributed by atoms with Gasteiger partial charge in [0.2, 0.25) is 5.91 Å². The van der Waals surface area contributed by atoms with Gasteiger partial charge in [-0.25, -0.2) is 4.39 Å². The highest BCUT2D eigenvalue weighted by atomic mass is 19.1. The van der Waals surface area contributed by atoms with Crippen LogP contribution in [0.4, 0.5) is 4.39 Å². The van der Waals surface area contributed by atoms with Crippen LogP contribution in [-0.2, 0) is 11.3 Å². The van der Waals surface area contributed by atoms with E-state index in [0.717, 1.165) is 57.4 Å². The Morgan fingerprint density at radius 1 is 1.23 bits per heavy atom. The first-order valence-electron chi connectivity index (χ1n) is 8.21. The first-order valence-corrected chi connectivity index (χ1v) is 8.21. The predicted molar refractivity (Wildman–Crippen MR) is 83.9 cm³/mol. The summed E-state index contributed by atoms with van der Waals surface area (Å²) in [6.45, 7) is 3.75. The molecular formula is C17H24FN3O. The number of piperidine rings is 1. The number of carbonyl (C=O) groups excluding carboxylic acids is 1. The lowest BCUT2D eigenvalue weighted by molar-refractivity contribution is -0.123. The van der Waals surface area contributed by atoms with Crippen molar-refractivity contribution in [3.8, 4) is 0 Å². The van der Waals surface area contributed by atoms with Gasteiger partial charge in [0, 0.05) is 25.7 Å². The molecule has 2 fully saturated rings. The molecule has 1 unspecified atom stereocenters. The molecule has 0 spiro atoms. The van der Waals surface area contributed by atoms with Gasteiger partial charge in [0.05, 0.1) is 6.04 Å². The van der Waals surface area contributed by atoms with E-state index < -0.39 is 0 Å². The number of nitrogens with one attached hydrogen (secondary N) is 2. The molecule has 1 aromatic carbocycles. The molecule has 1 amide bonds. The lowest BCUT2D eigenvalue weighted by Crippen LogP contribution is -2.49. The van der Waals surface area contributed by atoms with Crippen LogP contribution in [0.2, 0.25) is 0 Å². The maximum atomic E-state index is 12.9. The summed E-state index contributed by atoms with van der Waals surface area (Å²) in [6.07, 6.45) is 4.02. The fraction of sp³-hybridized carbons (Fsp3) is 0.588. The highest BCUT2D eigenvalue weighted by molar-refractivity contribution is 5.82. The van der Waals surface area contributed by atoms with E-state index in [0.29, 0.717) is 6.04 Å². The maximum absolute atomic E-state index is 12.9. The molecule has 0 aromatic heterocycles. The normalized spacial score (nSPS) is 23.6. The van der Waals surface area contributed by atoms with Crippen LogP contribution in [-0.4, -0.2) is 42.5 Å². The summed E-state index contributed by atoms with van der Waals surface area (Å²) < 4.78 is 12.9. The number of hydrogen-bond acceptors (Lipinski definition) is 3. The third-order valence-corrected chi connectivity index (χ3v) is 4.63. The third-order valence-electron chi connectivity index (χ3n) is 4.63. The highest BCUT2D eigenvalue weighted by Crippen LogP contribution is 2.15. The first kappa shape index (κ1) is 15.4. The summed E-state index contributed by atoms with van der Waals surface area (Å²) in [5.41, 5.74) is 1.14. The Bertz CT molecular complexity index is 491. The monoisotopic (exact) mass is 305 g/mol. The average Bonchev–Trinajstić information content (AvgIpc) is 3.06. The molecule has 120 valence electrons. The van der Waals surface area contributed by atoms with E-state index in [1.807, 2.05) is 12.1 Å². The van der Waals surface area contributed by atoms with Crippen LogP contribution in [0.1, 0.15) is 31.2 Å². The number of hydrogen-bond donors (Lipinski definition) is 2. The van der Waals surface area contributed by atoms with E-state index in [-0.39, 0.29) is 17.8 Å². The van der Waals surface area contributed by atoms with Gasteiger partial charge in [-0.2, -0.15) is 0 Å². The van der Waals surface area contributed by atoms with E-state index in [1.165, 1.54) is 12.1 Å². The number of nitrogens with zero attached hydrogens (tertiary/aromatic N) is 1. The Kier molecular flexibility index (Phi) is 5.05. The number of halogens is 1. The summed E-state index contributed by atoms with van der Waals surface area (Å²) in [5.74, 6) is -0.0276. The third kappa shape index (κ3) is 4.05. The van der Waals surface area contributed by atoms with Gasteiger partial charge in [-0.1, -0.05) is 12.1 Å². The molecule has 0 bridgehead atoms. The van der Waals surface area contributed by atoms with Crippen molar-refractivity contribution in [3.63, 3.8) is 0 Å². The van der Waals surface area contributed by atoms with E-state index in [4.69, 9.17) is 0 Å². The molecule has 2 aliphatic rings. The van der Waals surface area contributed by atoms with E-state index >= 15 is 0 Å². The molecule has 1 aromatic rings. The number of benzene rings is 1. The molecule has 22 heavy (non-hydrogen) atoms. The molecule has 0 aliphatic carbocycles. The smallest absolute Gasteiger partial charge is 0.237 e. The molecular weight excluding hydrogens is 281 g/mol. The van der Waals surface area contributed by atoms with Crippen LogP contribution < -0.4 is 10.6 Å². The average molecular weight is 305 g/mol. The second-order valence-electron chi connectivity index (χ2n) is 6.33. The molecule has 0 radical (unpaired) electrons. The Morgan fingerprint density at radius 2 is 1.95 bits per heavy atom. The second kappa shape index (κ2) is 7.20. The van der Waals surface area contributed by atoms with Gasteiger partial charge in [-0.15, -0.1) is 0 Å². The van der Waals surface area contributed by atoms with Gasteiger partial charge in [0.15, 0.2) is 0 Å². The van der Waals surface area contributed by atoms with Gasteiger partial charge in [-0.3, -0.25) is 9.69 Å². The second-order valence-corrected chi connectivity index (χ2v) is 6.33. The number of carbonyl (C=O) groups is 1. The largest absolute Gasteiger partial charge is 0.352 e. The van der Waals surface area contributed by atoms with Crippen molar-refractivity contribution >= 4 is 5.91 Å². The van der Waals surface area contributed by atoms with Crippen molar-refractivity contribution in [1.82, 2.24) is 15.5 Å². The Balaban J connectivity index is 1.42. The van der Waals surface area contributed by atoms with Crippen LogP contribution in [0.5, 0.6) is 0 Å². The Hall–Kier alpha value is -1.46. The minimum Gasteiger partial charge on any atom is -0.352 e. The topological polar surface area (TPSA) is 44.4 Å². The number of amides is 1. The number of likely N-dealkylation sites (tertiary alicyclic amines) is 1. The van der Waals surface area contributed by atoms with Gasteiger partial charge < -0.3 is 10.6 Å². The van der Waals surface area contributed by atoms with Gasteiger partial charge in [0.25, 0.3) is 0 Å². The van der Waals surface area contributed by atoms with Crippen LogP contribution in [0.15, 0.2) is 24.3 Å². The van der Waals surface area contributed by atoms with E-state index in [1.54, 1.807) is 0 Å². The van der Waals surface area contributed by atoms with Crippen molar-refractivity contribution in [2.75, 3.05) is 19.6 Å². The molecule has 2 heterocycles. The summed E-state index contributed by atoms with van der Waals surface area (Å²) in [4.78, 5) is 14.5. The quantitative estimate of drug-likeness (QED) is 0.889. The SMILES string of the molecule is O=C(NC1CCN(Cc2ccc(F)cc2)CC1)C1CCCN1. The highest BCUT2D eigenvalue weighted by Gasteiger charge is 2.26. The van der Waals surface area contributed by atoms with Crippen molar-refractivity contribution in [2.24, 2.45) is 0 Å². The van der Waals surface area contributed by atoms with Crippen LogP contribution in [0, 0.1) is 5.82 Å². The van der Waals surface area contributed by atoms with Crippen LogP contribution >= 0.6 is 0 Å². The number of rotatable bonds is 4. The summed E-state index contributed by atoms with van der Waals surface area (Å²) in [6, 6.07) is 7.01. The van der Waals surface area contributed by atoms with Gasteiger partial charge in [-0.05, 0) is 49.9 Å². The van der Waals surface area contributed by atoms with Crippen molar-refractivity contribution in [3.05, 3.63) is 35.6 Å². The molecule has 2 N–H and O–H groups in total. The van der Waals surface area contributed by atoms with Crippen molar-refractivity contribution in [1.29, 1.82) is 0 Å². The molecule has 5 heteroatoms. The summed E-state index contributed by atoms with van der Waals surface area (Å²) in [5, 5.41) is 6.41. The fourth-order valence-corrected chi connectivity index (χ4v) is 3.29. The zero-order chi connectivity index (χ0) is 15.4. The van der Waals surface area contributed by atoms with Crippen LogP contribution in [0.3, 0.4) is 0 Å². The summed E-state index contributed by atoms with van der Waals surface area (Å²) in [7, 11) is 0. The standard InChI is InChI=1S/C17H24FN3O/c18-14-5-3-13(4-6-14)12-21-10-7-15(8-11-21)20-17(22)16-2-1-9-19-16/h3-6,15-16,19H,1-2,7-12H2,(H,20,22). The Morgan fingerprint density at radius 3 is 2.59 bits per heavy atom. The van der Waals surface area contributed by atoms with Gasteiger partial charge >= 0.3 is 0 Å². The first-order chi connectivity index (χ1) is 10.7. The van der Waals surface area contributed by atoms with E-state index in [9.17, 15) is 9.18 Å². The molecule has 3 rings (SSSR count). The van der Waals surface area contributed by atoms with Crippen molar-refractivity contribution < 1.29 is 9.18 Å². The molecule has 4 nitrogen and oxygen atoms in total. The lowest BCUT2D eigenvalue weighted by atomic mass is 10.0.